The molecule has 0 aliphatic rings. The van der Waals surface area contributed by atoms with E-state index >= 15 is 0 Å². The molecule has 9 heteroatoms. The van der Waals surface area contributed by atoms with Gasteiger partial charge in [0.05, 0.1) is 10.6 Å². The van der Waals surface area contributed by atoms with Crippen LogP contribution in [0.2, 0.25) is 0 Å². The topological polar surface area (TPSA) is 71.5 Å². The minimum absolute atomic E-state index is 0.164. The third-order valence-corrected chi connectivity index (χ3v) is 6.68. The molecule has 0 amide bonds. The molecule has 0 atom stereocenters. The third kappa shape index (κ3) is 4.96. The smallest absolute Gasteiger partial charge is 0.212 e. The first-order valence-electron chi connectivity index (χ1n) is 5.21. The van der Waals surface area contributed by atoms with Crippen LogP contribution in [0.1, 0.15) is 0 Å². The summed E-state index contributed by atoms with van der Waals surface area (Å²) in [6.45, 7) is 0. The van der Waals surface area contributed by atoms with Crippen molar-refractivity contribution in [2.45, 2.75) is 9.79 Å². The van der Waals surface area contributed by atoms with Gasteiger partial charge >= 0.3 is 0 Å². The van der Waals surface area contributed by atoms with E-state index in [1.807, 2.05) is 0 Å². The zero-order valence-electron chi connectivity index (χ0n) is 10.4. The molecule has 1 aromatic rings. The van der Waals surface area contributed by atoms with Crippen molar-refractivity contribution >= 4 is 41.5 Å². The molecule has 0 aliphatic heterocycles. The van der Waals surface area contributed by atoms with E-state index in [0.29, 0.717) is 4.90 Å². The molecule has 0 radical (unpaired) electrons. The summed E-state index contributed by atoms with van der Waals surface area (Å²) in [5.41, 5.74) is 0. The lowest BCUT2D eigenvalue weighted by molar-refractivity contribution is 0.518. The van der Waals surface area contributed by atoms with E-state index < -0.39 is 19.1 Å². The number of rotatable bonds is 6. The Kier molecular flexibility index (Phi) is 5.69. The zero-order chi connectivity index (χ0) is 14.7. The van der Waals surface area contributed by atoms with Gasteiger partial charge in [-0.3, -0.25) is 0 Å². The van der Waals surface area contributed by atoms with Gasteiger partial charge in [0.15, 0.2) is 0 Å². The fourth-order valence-electron chi connectivity index (χ4n) is 1.23. The van der Waals surface area contributed by atoms with Crippen molar-refractivity contribution < 1.29 is 16.8 Å². The molecule has 0 saturated heterocycles. The van der Waals surface area contributed by atoms with Crippen LogP contribution in [0.15, 0.2) is 34.1 Å². The number of thioether (sulfide) groups is 1. The van der Waals surface area contributed by atoms with Crippen molar-refractivity contribution in [2.75, 3.05) is 25.6 Å². The van der Waals surface area contributed by atoms with E-state index in [9.17, 15) is 16.8 Å². The highest BCUT2D eigenvalue weighted by molar-refractivity contribution is 8.14. The number of benzene rings is 1. The maximum absolute atomic E-state index is 12.1. The molecule has 1 aromatic carbocycles. The van der Waals surface area contributed by atoms with Crippen LogP contribution in [-0.4, -0.2) is 46.7 Å². The van der Waals surface area contributed by atoms with Crippen LogP contribution in [0.5, 0.6) is 0 Å². The first kappa shape index (κ1) is 16.8. The molecule has 19 heavy (non-hydrogen) atoms. The van der Waals surface area contributed by atoms with E-state index in [0.717, 1.165) is 16.1 Å². The van der Waals surface area contributed by atoms with Gasteiger partial charge in [-0.2, -0.15) is 0 Å². The van der Waals surface area contributed by atoms with Crippen LogP contribution in [0.4, 0.5) is 0 Å². The monoisotopic (exact) mass is 343 g/mol. The Morgan fingerprint density at radius 3 is 2.26 bits per heavy atom. The zero-order valence-corrected chi connectivity index (χ0v) is 13.6. The van der Waals surface area contributed by atoms with E-state index in [1.54, 1.807) is 18.2 Å². The Labute approximate surface area is 122 Å². The maximum atomic E-state index is 12.1. The van der Waals surface area contributed by atoms with Gasteiger partial charge < -0.3 is 0 Å². The number of nitrogens with zero attached hydrogens (tertiary/aromatic N) is 1. The average Bonchev–Trinajstić information content (AvgIpc) is 2.27. The van der Waals surface area contributed by atoms with Gasteiger partial charge in [-0.05, 0) is 12.1 Å². The molecule has 0 saturated carbocycles. The van der Waals surface area contributed by atoms with Crippen LogP contribution in [0.25, 0.3) is 0 Å². The quantitative estimate of drug-likeness (QED) is 0.579. The van der Waals surface area contributed by atoms with Crippen LogP contribution in [-0.2, 0) is 19.1 Å². The summed E-state index contributed by atoms with van der Waals surface area (Å²) < 4.78 is 47.0. The predicted octanol–water partition coefficient (Wildman–Crippen LogP) is 1.60. The largest absolute Gasteiger partial charge is 0.243 e. The molecule has 108 valence electrons. The first-order valence-corrected chi connectivity index (χ1v) is 10.1. The number of halogens is 1. The van der Waals surface area contributed by atoms with E-state index in [2.05, 4.69) is 0 Å². The summed E-state index contributed by atoms with van der Waals surface area (Å²) in [7, 11) is 0.890. The molecule has 0 N–H and O–H groups in total. The Bertz CT molecular complexity index is 640. The molecule has 5 nitrogen and oxygen atoms in total. The lowest BCUT2D eigenvalue weighted by Gasteiger charge is -2.14. The SMILES string of the molecule is CN(C)S(=O)(=O)c1ccccc1SCCS(=O)(=O)Cl. The van der Waals surface area contributed by atoms with Crippen molar-refractivity contribution in [2.24, 2.45) is 0 Å². The van der Waals surface area contributed by atoms with Crippen LogP contribution in [0.3, 0.4) is 0 Å². The first-order chi connectivity index (χ1) is 8.64. The van der Waals surface area contributed by atoms with Crippen LogP contribution < -0.4 is 0 Å². The van der Waals surface area contributed by atoms with Crippen molar-refractivity contribution in [1.29, 1.82) is 0 Å². The van der Waals surface area contributed by atoms with Gasteiger partial charge in [-0.1, -0.05) is 12.1 Å². The van der Waals surface area contributed by atoms with Crippen molar-refractivity contribution in [3.05, 3.63) is 24.3 Å². The van der Waals surface area contributed by atoms with Crippen LogP contribution in [0, 0.1) is 0 Å². The predicted molar refractivity (Wildman–Crippen MR) is 77.7 cm³/mol. The fraction of sp³-hybridized carbons (Fsp3) is 0.400. The number of hydrogen-bond donors (Lipinski definition) is 0. The molecule has 0 bridgehead atoms. The van der Waals surface area contributed by atoms with Gasteiger partial charge in [0.2, 0.25) is 19.1 Å². The fourth-order valence-corrected chi connectivity index (χ4v) is 4.99. The molecule has 0 aromatic heterocycles. The molecule has 0 heterocycles. The lowest BCUT2D eigenvalue weighted by Crippen LogP contribution is -2.22. The van der Waals surface area contributed by atoms with Crippen molar-refractivity contribution in [3.8, 4) is 0 Å². The number of sulfonamides is 1. The Balaban J connectivity index is 2.98. The maximum Gasteiger partial charge on any atom is 0.243 e. The second-order valence-corrected chi connectivity index (χ2v) is 9.98. The Morgan fingerprint density at radius 2 is 1.74 bits per heavy atom. The Morgan fingerprint density at radius 1 is 1.16 bits per heavy atom. The second kappa shape index (κ2) is 6.45. The lowest BCUT2D eigenvalue weighted by atomic mass is 10.4. The summed E-state index contributed by atoms with van der Waals surface area (Å²) in [6, 6.07) is 6.46. The summed E-state index contributed by atoms with van der Waals surface area (Å²) >= 11 is 1.15. The standard InChI is InChI=1S/C10H14ClNO4S3/c1-12(2)19(15,16)10-6-4-3-5-9(10)17-7-8-18(11,13)14/h3-6H,7-8H2,1-2H3. The molecular formula is C10H14ClNO4S3. The van der Waals surface area contributed by atoms with Gasteiger partial charge in [-0.25, -0.2) is 21.1 Å². The molecular weight excluding hydrogens is 330 g/mol. The highest BCUT2D eigenvalue weighted by atomic mass is 35.7. The van der Waals surface area contributed by atoms with E-state index in [1.165, 1.54) is 20.2 Å². The molecule has 1 rings (SSSR count). The Hall–Kier alpha value is -0.280. The van der Waals surface area contributed by atoms with E-state index in [-0.39, 0.29) is 16.4 Å². The highest BCUT2D eigenvalue weighted by Crippen LogP contribution is 2.28. The number of hydrogen-bond acceptors (Lipinski definition) is 5. The van der Waals surface area contributed by atoms with Gasteiger partial charge in [0.25, 0.3) is 0 Å². The summed E-state index contributed by atoms with van der Waals surface area (Å²) in [5, 5.41) is 0. The normalized spacial score (nSPS) is 12.8. The summed E-state index contributed by atoms with van der Waals surface area (Å²) in [6.07, 6.45) is 0. The average molecular weight is 344 g/mol. The van der Waals surface area contributed by atoms with Gasteiger partial charge in [-0.15, -0.1) is 11.8 Å². The third-order valence-electron chi connectivity index (χ3n) is 2.19. The van der Waals surface area contributed by atoms with Crippen molar-refractivity contribution in [1.82, 2.24) is 4.31 Å². The minimum Gasteiger partial charge on any atom is -0.212 e. The molecule has 0 spiro atoms. The molecule has 0 fully saturated rings. The van der Waals surface area contributed by atoms with Gasteiger partial charge in [0.1, 0.15) is 0 Å². The second-order valence-electron chi connectivity index (χ2n) is 3.83. The molecule has 0 aliphatic carbocycles. The highest BCUT2D eigenvalue weighted by Gasteiger charge is 2.21. The summed E-state index contributed by atoms with van der Waals surface area (Å²) in [5.74, 6) is -0.0125. The summed E-state index contributed by atoms with van der Waals surface area (Å²) in [4.78, 5) is 0.675. The van der Waals surface area contributed by atoms with Crippen LogP contribution >= 0.6 is 22.4 Å². The van der Waals surface area contributed by atoms with E-state index in [4.69, 9.17) is 10.7 Å². The molecule has 0 unspecified atom stereocenters. The van der Waals surface area contributed by atoms with Crippen molar-refractivity contribution in [3.63, 3.8) is 0 Å². The minimum atomic E-state index is -3.57. The van der Waals surface area contributed by atoms with Gasteiger partial charge in [0, 0.05) is 35.4 Å².